The second kappa shape index (κ2) is 1.84. The summed E-state index contributed by atoms with van der Waals surface area (Å²) in [5.74, 6) is 0. The van der Waals surface area contributed by atoms with E-state index in [0.29, 0.717) is 4.83 Å². The van der Waals surface area contributed by atoms with Gasteiger partial charge in [-0.05, 0) is 6.42 Å². The fourth-order valence-electron chi connectivity index (χ4n) is 0.352. The highest BCUT2D eigenvalue weighted by molar-refractivity contribution is 9.09. The van der Waals surface area contributed by atoms with Crippen molar-refractivity contribution >= 4 is 27.0 Å². The van der Waals surface area contributed by atoms with Crippen molar-refractivity contribution in [3.05, 3.63) is 0 Å². The van der Waals surface area contributed by atoms with E-state index in [1.54, 1.807) is 0 Å². The van der Waals surface area contributed by atoms with Crippen molar-refractivity contribution in [3.8, 4) is 0 Å². The molecule has 2 nitrogen and oxygen atoms in total. The minimum atomic E-state index is -1.58. The van der Waals surface area contributed by atoms with Crippen LogP contribution in [0.3, 0.4) is 0 Å². The van der Waals surface area contributed by atoms with Crippen LogP contribution in [0.4, 0.5) is 0 Å². The van der Waals surface area contributed by atoms with Gasteiger partial charge in [0, 0.05) is 4.83 Å². The van der Waals surface area contributed by atoms with Gasteiger partial charge in [-0.15, -0.1) is 0 Å². The van der Waals surface area contributed by atoms with E-state index in [2.05, 4.69) is 15.9 Å². The van der Waals surface area contributed by atoms with Crippen LogP contribution in [-0.4, -0.2) is 18.8 Å². The highest BCUT2D eigenvalue weighted by Gasteiger charge is 2.39. The van der Waals surface area contributed by atoms with Gasteiger partial charge in [0.2, 0.25) is 0 Å². The number of alkyl halides is 1. The monoisotopic (exact) mass is 184 g/mol. The van der Waals surface area contributed by atoms with Crippen molar-refractivity contribution in [1.29, 1.82) is 0 Å². The molecule has 0 aromatic carbocycles. The summed E-state index contributed by atoms with van der Waals surface area (Å²) in [4.78, 5) is 0.304. The van der Waals surface area contributed by atoms with Crippen molar-refractivity contribution in [2.45, 2.75) is 16.5 Å². The number of hydrogen-bond donors (Lipinski definition) is 1. The molecule has 1 aliphatic carbocycles. The van der Waals surface area contributed by atoms with Crippen molar-refractivity contribution in [3.63, 3.8) is 0 Å². The summed E-state index contributed by atoms with van der Waals surface area (Å²) >= 11 is 1.61. The molecule has 0 bridgehead atoms. The van der Waals surface area contributed by atoms with Crippen LogP contribution < -0.4 is 0 Å². The Morgan fingerprint density at radius 1 is 1.86 bits per heavy atom. The lowest BCUT2D eigenvalue weighted by Crippen LogP contribution is -1.95. The third-order valence-electron chi connectivity index (χ3n) is 0.917. The van der Waals surface area contributed by atoms with Gasteiger partial charge in [0.25, 0.3) is 0 Å². The van der Waals surface area contributed by atoms with E-state index in [1.165, 1.54) is 0 Å². The molecule has 0 aromatic rings. The smallest absolute Gasteiger partial charge is 0.157 e. The molecule has 0 heterocycles. The number of rotatable bonds is 1. The lowest BCUT2D eigenvalue weighted by Gasteiger charge is -1.80. The van der Waals surface area contributed by atoms with Crippen molar-refractivity contribution in [2.75, 3.05) is 0 Å². The Balaban J connectivity index is 2.33. The zero-order valence-corrected chi connectivity index (χ0v) is 5.91. The molecule has 1 N–H and O–H groups in total. The predicted octanol–water partition coefficient (Wildman–Crippen LogP) is 0.744. The minimum absolute atomic E-state index is 0.0139. The first kappa shape index (κ1) is 5.72. The van der Waals surface area contributed by atoms with Crippen molar-refractivity contribution < 1.29 is 8.76 Å². The van der Waals surface area contributed by atoms with Crippen molar-refractivity contribution in [1.82, 2.24) is 0 Å². The molecule has 1 aliphatic rings. The summed E-state index contributed by atoms with van der Waals surface area (Å²) in [6.07, 6.45) is 0.850. The molecular formula is C3H5BrO2S. The Hall–Kier alpha value is 0.590. The molecule has 3 atom stereocenters. The highest BCUT2D eigenvalue weighted by Crippen LogP contribution is 2.33. The van der Waals surface area contributed by atoms with Crippen LogP contribution in [0.2, 0.25) is 0 Å². The zero-order chi connectivity index (χ0) is 5.44. The fraction of sp³-hybridized carbons (Fsp3) is 1.00. The first-order chi connectivity index (χ1) is 3.22. The highest BCUT2D eigenvalue weighted by atomic mass is 79.9. The van der Waals surface area contributed by atoms with Crippen LogP contribution >= 0.6 is 15.9 Å². The molecule has 0 amide bonds. The summed E-state index contributed by atoms with van der Waals surface area (Å²) in [5, 5.41) is 0.0139. The second-order valence-corrected chi connectivity index (χ2v) is 3.90. The van der Waals surface area contributed by atoms with Crippen LogP contribution in [0, 0.1) is 0 Å². The van der Waals surface area contributed by atoms with Crippen LogP contribution in [0.15, 0.2) is 0 Å². The van der Waals surface area contributed by atoms with Crippen LogP contribution in [0.1, 0.15) is 6.42 Å². The molecular weight excluding hydrogens is 180 g/mol. The summed E-state index contributed by atoms with van der Waals surface area (Å²) in [7, 11) is 0. The van der Waals surface area contributed by atoms with Crippen LogP contribution in [0.5, 0.6) is 0 Å². The van der Waals surface area contributed by atoms with Gasteiger partial charge in [-0.1, -0.05) is 15.9 Å². The maximum atomic E-state index is 10.1. The molecule has 0 saturated heterocycles. The first-order valence-corrected chi connectivity index (χ1v) is 4.04. The Morgan fingerprint density at radius 2 is 2.29 bits per heavy atom. The van der Waals surface area contributed by atoms with Crippen LogP contribution in [-0.2, 0) is 11.1 Å². The van der Waals surface area contributed by atoms with Gasteiger partial charge in [-0.25, -0.2) is 4.21 Å². The molecule has 4 heteroatoms. The molecule has 1 rings (SSSR count). The summed E-state index contributed by atoms with van der Waals surface area (Å²) in [6, 6.07) is 0. The van der Waals surface area contributed by atoms with E-state index in [1.807, 2.05) is 0 Å². The Bertz CT molecular complexity index is 105. The topological polar surface area (TPSA) is 37.3 Å². The summed E-state index contributed by atoms with van der Waals surface area (Å²) < 4.78 is 18.4. The van der Waals surface area contributed by atoms with Crippen LogP contribution in [0.25, 0.3) is 0 Å². The zero-order valence-electron chi connectivity index (χ0n) is 3.50. The van der Waals surface area contributed by atoms with E-state index in [0.717, 1.165) is 6.42 Å². The third kappa shape index (κ3) is 1.24. The SMILES string of the molecule is O=S(O)C1CC1Br. The molecule has 3 unspecified atom stereocenters. The summed E-state index contributed by atoms with van der Waals surface area (Å²) in [6.45, 7) is 0. The lowest BCUT2D eigenvalue weighted by atomic mass is 11.0. The largest absolute Gasteiger partial charge is 0.306 e. The van der Waals surface area contributed by atoms with Gasteiger partial charge in [-0.3, -0.25) is 0 Å². The third-order valence-corrected chi connectivity index (χ3v) is 3.32. The molecule has 1 fully saturated rings. The molecule has 0 aromatic heterocycles. The van der Waals surface area contributed by atoms with Gasteiger partial charge in [0.05, 0.1) is 5.25 Å². The Morgan fingerprint density at radius 3 is 2.29 bits per heavy atom. The molecule has 0 aliphatic heterocycles. The van der Waals surface area contributed by atoms with E-state index < -0.39 is 11.1 Å². The fourth-order valence-corrected chi connectivity index (χ4v) is 2.18. The first-order valence-electron chi connectivity index (χ1n) is 1.95. The molecule has 42 valence electrons. The number of hydrogen-bond acceptors (Lipinski definition) is 1. The summed E-state index contributed by atoms with van der Waals surface area (Å²) in [5.41, 5.74) is 0. The maximum Gasteiger partial charge on any atom is 0.157 e. The lowest BCUT2D eigenvalue weighted by molar-refractivity contribution is 0.563. The minimum Gasteiger partial charge on any atom is -0.306 e. The van der Waals surface area contributed by atoms with Gasteiger partial charge in [-0.2, -0.15) is 0 Å². The predicted molar refractivity (Wildman–Crippen MR) is 31.9 cm³/mol. The number of halogens is 1. The van der Waals surface area contributed by atoms with E-state index >= 15 is 0 Å². The maximum absolute atomic E-state index is 10.1. The standard InChI is InChI=1S/C3H5BrO2S/c4-2-1-3(2)7(5)6/h2-3H,1H2,(H,5,6). The molecule has 7 heavy (non-hydrogen) atoms. The Labute approximate surface area is 52.7 Å². The molecule has 0 radical (unpaired) electrons. The average molecular weight is 185 g/mol. The van der Waals surface area contributed by atoms with Crippen molar-refractivity contribution in [2.24, 2.45) is 0 Å². The Kier molecular flexibility index (Phi) is 1.50. The molecule has 0 spiro atoms. The quantitative estimate of drug-likeness (QED) is 0.483. The normalized spacial score (nSPS) is 43.1. The van der Waals surface area contributed by atoms with Gasteiger partial charge in [0.1, 0.15) is 0 Å². The molecule has 1 saturated carbocycles. The van der Waals surface area contributed by atoms with E-state index in [9.17, 15) is 4.21 Å². The van der Waals surface area contributed by atoms with E-state index in [4.69, 9.17) is 4.55 Å². The van der Waals surface area contributed by atoms with E-state index in [-0.39, 0.29) is 5.25 Å². The van der Waals surface area contributed by atoms with Gasteiger partial charge >= 0.3 is 0 Å². The van der Waals surface area contributed by atoms with Gasteiger partial charge in [0.15, 0.2) is 11.1 Å². The second-order valence-electron chi connectivity index (χ2n) is 1.57. The van der Waals surface area contributed by atoms with Gasteiger partial charge < -0.3 is 4.55 Å². The average Bonchev–Trinajstić information content (AvgIpc) is 2.17.